The Hall–Kier alpha value is -0.0800. The fraction of sp³-hybridized carbons (Fsp3) is 1.00. The van der Waals surface area contributed by atoms with Gasteiger partial charge in [-0.25, -0.2) is 0 Å². The number of ether oxygens (including phenoxy) is 1. The van der Waals surface area contributed by atoms with E-state index in [1.807, 2.05) is 13.8 Å². The minimum absolute atomic E-state index is 0.232. The van der Waals surface area contributed by atoms with E-state index in [9.17, 15) is 5.11 Å². The van der Waals surface area contributed by atoms with E-state index in [1.165, 1.54) is 32.1 Å². The molecular weight excluding hydrogens is 176 g/mol. The van der Waals surface area contributed by atoms with Gasteiger partial charge in [-0.1, -0.05) is 32.1 Å². The predicted octanol–water partition coefficient (Wildman–Crippen LogP) is 2.74. The molecule has 1 rings (SSSR count). The lowest BCUT2D eigenvalue weighted by atomic mass is 9.85. The Morgan fingerprint density at radius 2 is 1.86 bits per heavy atom. The summed E-state index contributed by atoms with van der Waals surface area (Å²) in [6.07, 6.45) is 7.61. The molecule has 1 aliphatic carbocycles. The predicted molar refractivity (Wildman–Crippen MR) is 58.3 cm³/mol. The average molecular weight is 200 g/mol. The number of hydrogen-bond donors (Lipinski definition) is 1. The van der Waals surface area contributed by atoms with Crippen LogP contribution in [0, 0.1) is 5.92 Å². The van der Waals surface area contributed by atoms with Crippen LogP contribution in [0.1, 0.15) is 52.4 Å². The van der Waals surface area contributed by atoms with E-state index >= 15 is 0 Å². The summed E-state index contributed by atoms with van der Waals surface area (Å²) >= 11 is 0. The molecule has 14 heavy (non-hydrogen) atoms. The molecule has 1 atom stereocenters. The summed E-state index contributed by atoms with van der Waals surface area (Å²) in [6.45, 7) is 4.52. The quantitative estimate of drug-likeness (QED) is 0.739. The van der Waals surface area contributed by atoms with Gasteiger partial charge in [0, 0.05) is 0 Å². The summed E-state index contributed by atoms with van der Waals surface area (Å²) in [7, 11) is 0. The van der Waals surface area contributed by atoms with Crippen molar-refractivity contribution in [2.75, 3.05) is 6.61 Å². The summed E-state index contributed by atoms with van der Waals surface area (Å²) in [5.74, 6) is 0.745. The molecule has 0 bridgehead atoms. The van der Waals surface area contributed by atoms with Crippen molar-refractivity contribution in [2.45, 2.75) is 64.6 Å². The summed E-state index contributed by atoms with van der Waals surface area (Å²) in [4.78, 5) is 0. The van der Waals surface area contributed by atoms with E-state index in [2.05, 4.69) is 0 Å². The molecule has 2 nitrogen and oxygen atoms in total. The Labute approximate surface area is 87.7 Å². The normalized spacial score (nSPS) is 21.4. The molecule has 0 aromatic rings. The highest BCUT2D eigenvalue weighted by Gasteiger charge is 2.17. The molecule has 0 spiro atoms. The van der Waals surface area contributed by atoms with E-state index < -0.39 is 0 Å². The lowest BCUT2D eigenvalue weighted by Crippen LogP contribution is -2.22. The molecular formula is C12H24O2. The van der Waals surface area contributed by atoms with Crippen molar-refractivity contribution >= 4 is 0 Å². The van der Waals surface area contributed by atoms with E-state index in [-0.39, 0.29) is 12.2 Å². The lowest BCUT2D eigenvalue weighted by Gasteiger charge is -2.24. The molecule has 1 N–H and O–H groups in total. The molecule has 1 saturated carbocycles. The van der Waals surface area contributed by atoms with E-state index in [0.717, 1.165) is 12.3 Å². The van der Waals surface area contributed by atoms with Crippen LogP contribution in [0.25, 0.3) is 0 Å². The topological polar surface area (TPSA) is 29.5 Å². The molecule has 0 radical (unpaired) electrons. The zero-order valence-electron chi connectivity index (χ0n) is 9.54. The van der Waals surface area contributed by atoms with E-state index in [0.29, 0.717) is 6.61 Å². The molecule has 1 unspecified atom stereocenters. The highest BCUT2D eigenvalue weighted by atomic mass is 16.5. The molecule has 0 saturated heterocycles. The fourth-order valence-electron chi connectivity index (χ4n) is 2.18. The van der Waals surface area contributed by atoms with Gasteiger partial charge in [0.2, 0.25) is 0 Å². The third kappa shape index (κ3) is 4.97. The third-order valence-electron chi connectivity index (χ3n) is 2.95. The minimum atomic E-state index is -0.250. The van der Waals surface area contributed by atoms with E-state index in [1.54, 1.807) is 0 Å². The van der Waals surface area contributed by atoms with Gasteiger partial charge in [-0.3, -0.25) is 0 Å². The van der Waals surface area contributed by atoms with Crippen LogP contribution >= 0.6 is 0 Å². The summed E-state index contributed by atoms with van der Waals surface area (Å²) < 4.78 is 5.40. The van der Waals surface area contributed by atoms with Gasteiger partial charge in [-0.15, -0.1) is 0 Å². The smallest absolute Gasteiger partial charge is 0.0776 e. The lowest BCUT2D eigenvalue weighted by molar-refractivity contribution is -0.00579. The van der Waals surface area contributed by atoms with Gasteiger partial charge in [-0.2, -0.15) is 0 Å². The summed E-state index contributed by atoms with van der Waals surface area (Å²) in [5.41, 5.74) is 0. The second kappa shape index (κ2) is 6.41. The molecule has 0 amide bonds. The number of rotatable bonds is 5. The second-order valence-electron chi connectivity index (χ2n) is 4.78. The monoisotopic (exact) mass is 200 g/mol. The molecule has 2 heteroatoms. The molecule has 84 valence electrons. The maximum atomic E-state index is 9.73. The van der Waals surface area contributed by atoms with Crippen LogP contribution in [0.15, 0.2) is 0 Å². The van der Waals surface area contributed by atoms with Gasteiger partial charge in [0.1, 0.15) is 0 Å². The molecule has 0 heterocycles. The summed E-state index contributed by atoms with van der Waals surface area (Å²) in [5, 5.41) is 9.73. The average Bonchev–Trinajstić information content (AvgIpc) is 2.16. The largest absolute Gasteiger partial charge is 0.391 e. The second-order valence-corrected chi connectivity index (χ2v) is 4.78. The zero-order chi connectivity index (χ0) is 10.4. The van der Waals surface area contributed by atoms with Gasteiger partial charge in [0.15, 0.2) is 0 Å². The first-order chi connectivity index (χ1) is 6.68. The van der Waals surface area contributed by atoms with E-state index in [4.69, 9.17) is 4.74 Å². The van der Waals surface area contributed by atoms with Gasteiger partial charge in [-0.05, 0) is 26.2 Å². The van der Waals surface area contributed by atoms with Gasteiger partial charge in [0.05, 0.1) is 18.8 Å². The van der Waals surface area contributed by atoms with Gasteiger partial charge < -0.3 is 9.84 Å². The van der Waals surface area contributed by atoms with Crippen molar-refractivity contribution < 1.29 is 9.84 Å². The van der Waals surface area contributed by atoms with Crippen LogP contribution in [0.2, 0.25) is 0 Å². The van der Waals surface area contributed by atoms with Crippen LogP contribution < -0.4 is 0 Å². The molecule has 1 fully saturated rings. The first-order valence-electron chi connectivity index (χ1n) is 5.98. The Bertz CT molecular complexity index is 139. The van der Waals surface area contributed by atoms with Crippen LogP contribution in [0.3, 0.4) is 0 Å². The van der Waals surface area contributed by atoms with Crippen molar-refractivity contribution in [3.05, 3.63) is 0 Å². The van der Waals surface area contributed by atoms with Crippen LogP contribution in [0.4, 0.5) is 0 Å². The molecule has 0 aromatic heterocycles. The first kappa shape index (κ1) is 12.0. The molecule has 0 aromatic carbocycles. The fourth-order valence-corrected chi connectivity index (χ4v) is 2.18. The number of hydrogen-bond acceptors (Lipinski definition) is 2. The van der Waals surface area contributed by atoms with Crippen molar-refractivity contribution in [3.8, 4) is 0 Å². The standard InChI is InChI=1S/C12H24O2/c1-10(2)14-9-12(13)8-11-6-4-3-5-7-11/h10-13H,3-9H2,1-2H3. The molecule has 1 aliphatic rings. The van der Waals surface area contributed by atoms with Crippen LogP contribution in [-0.2, 0) is 4.74 Å². The molecule has 0 aliphatic heterocycles. The van der Waals surface area contributed by atoms with Crippen LogP contribution in [0.5, 0.6) is 0 Å². The number of aliphatic hydroxyl groups excluding tert-OH is 1. The van der Waals surface area contributed by atoms with Crippen LogP contribution in [-0.4, -0.2) is 23.9 Å². The Balaban J connectivity index is 2.09. The first-order valence-corrected chi connectivity index (χ1v) is 5.98. The van der Waals surface area contributed by atoms with Crippen molar-refractivity contribution in [1.29, 1.82) is 0 Å². The highest BCUT2D eigenvalue weighted by molar-refractivity contribution is 4.69. The zero-order valence-corrected chi connectivity index (χ0v) is 9.54. The Kier molecular flexibility index (Phi) is 5.49. The summed E-state index contributed by atoms with van der Waals surface area (Å²) in [6, 6.07) is 0. The minimum Gasteiger partial charge on any atom is -0.391 e. The third-order valence-corrected chi connectivity index (χ3v) is 2.95. The Morgan fingerprint density at radius 1 is 1.21 bits per heavy atom. The van der Waals surface area contributed by atoms with Crippen molar-refractivity contribution in [2.24, 2.45) is 5.92 Å². The Morgan fingerprint density at radius 3 is 2.43 bits per heavy atom. The van der Waals surface area contributed by atoms with Crippen molar-refractivity contribution in [1.82, 2.24) is 0 Å². The maximum Gasteiger partial charge on any atom is 0.0776 e. The SMILES string of the molecule is CC(C)OCC(O)CC1CCCCC1. The number of aliphatic hydroxyl groups is 1. The maximum absolute atomic E-state index is 9.73. The van der Waals surface area contributed by atoms with Crippen molar-refractivity contribution in [3.63, 3.8) is 0 Å². The van der Waals surface area contributed by atoms with Gasteiger partial charge in [0.25, 0.3) is 0 Å². The highest BCUT2D eigenvalue weighted by Crippen LogP contribution is 2.27. The van der Waals surface area contributed by atoms with Gasteiger partial charge >= 0.3 is 0 Å².